The van der Waals surface area contributed by atoms with Crippen LogP contribution in [0.5, 0.6) is 11.5 Å². The molecule has 0 spiro atoms. The first-order chi connectivity index (χ1) is 17.0. The molecule has 35 heavy (non-hydrogen) atoms. The summed E-state index contributed by atoms with van der Waals surface area (Å²) < 4.78 is 6.51. The van der Waals surface area contributed by atoms with E-state index in [0.717, 1.165) is 45.0 Å². The average Bonchev–Trinajstić information content (AvgIpc) is 3.45. The fourth-order valence-electron chi connectivity index (χ4n) is 5.23. The van der Waals surface area contributed by atoms with E-state index in [0.29, 0.717) is 0 Å². The predicted molar refractivity (Wildman–Crippen MR) is 145 cm³/mol. The Balaban J connectivity index is 1.28. The summed E-state index contributed by atoms with van der Waals surface area (Å²) in [6.07, 6.45) is 4.12. The fourth-order valence-corrected chi connectivity index (χ4v) is 5.23. The number of benzene rings is 4. The van der Waals surface area contributed by atoms with Crippen LogP contribution in [0.3, 0.4) is 0 Å². The highest BCUT2D eigenvalue weighted by molar-refractivity contribution is 5.90. The lowest BCUT2D eigenvalue weighted by atomic mass is 10.00. The maximum absolute atomic E-state index is 6.51. The third-order valence-electron chi connectivity index (χ3n) is 7.31. The van der Waals surface area contributed by atoms with Crippen molar-refractivity contribution in [3.8, 4) is 33.8 Å². The average molecular weight is 456 g/mol. The lowest BCUT2D eigenvalue weighted by Gasteiger charge is -2.30. The highest BCUT2D eigenvalue weighted by atomic mass is 16.5. The van der Waals surface area contributed by atoms with E-state index in [1.165, 1.54) is 33.0 Å². The van der Waals surface area contributed by atoms with E-state index in [1.54, 1.807) is 0 Å². The topological polar surface area (TPSA) is 44.1 Å². The summed E-state index contributed by atoms with van der Waals surface area (Å²) in [7, 11) is 2.10. The van der Waals surface area contributed by atoms with Crippen LogP contribution < -0.4 is 9.64 Å². The Hall–Kier alpha value is -4.44. The maximum atomic E-state index is 6.51. The molecule has 1 aliphatic rings. The molecule has 0 unspecified atom stereocenters. The molecule has 170 valence electrons. The Morgan fingerprint density at radius 3 is 1.49 bits per heavy atom. The summed E-state index contributed by atoms with van der Waals surface area (Å²) >= 11 is 0. The Bertz CT molecular complexity index is 1640. The molecule has 0 fully saturated rings. The monoisotopic (exact) mass is 455 g/mol. The van der Waals surface area contributed by atoms with E-state index < -0.39 is 0 Å². The van der Waals surface area contributed by atoms with Crippen LogP contribution in [-0.2, 0) is 0 Å². The molecule has 3 heterocycles. The minimum atomic E-state index is 0.873. The van der Waals surface area contributed by atoms with Crippen LogP contribution >= 0.6 is 0 Å². The Labute approximate surface area is 203 Å². The van der Waals surface area contributed by atoms with Crippen molar-refractivity contribution in [3.63, 3.8) is 0 Å². The Kier molecular flexibility index (Phi) is 4.15. The smallest absolute Gasteiger partial charge is 0.151 e. The number of hydrogen-bond acceptors (Lipinski definition) is 2. The molecule has 0 atom stereocenters. The van der Waals surface area contributed by atoms with Crippen molar-refractivity contribution < 1.29 is 4.74 Å². The van der Waals surface area contributed by atoms with Gasteiger partial charge in [0.25, 0.3) is 0 Å². The van der Waals surface area contributed by atoms with Gasteiger partial charge in [0.2, 0.25) is 0 Å². The summed E-state index contributed by atoms with van der Waals surface area (Å²) in [5.41, 5.74) is 11.6. The van der Waals surface area contributed by atoms with Gasteiger partial charge in [0, 0.05) is 41.2 Å². The van der Waals surface area contributed by atoms with Gasteiger partial charge in [-0.05, 0) is 95.8 Å². The molecule has 2 aromatic heterocycles. The molecule has 2 N–H and O–H groups in total. The second-order valence-corrected chi connectivity index (χ2v) is 9.49. The first kappa shape index (κ1) is 20.0. The van der Waals surface area contributed by atoms with Crippen molar-refractivity contribution in [3.05, 3.63) is 96.3 Å². The number of aromatic nitrogens is 2. The van der Waals surface area contributed by atoms with Crippen molar-refractivity contribution in [2.75, 3.05) is 11.9 Å². The normalized spacial score (nSPS) is 12.6. The summed E-state index contributed by atoms with van der Waals surface area (Å²) in [4.78, 5) is 8.87. The van der Waals surface area contributed by atoms with E-state index >= 15 is 0 Å². The van der Waals surface area contributed by atoms with Gasteiger partial charge in [-0.25, -0.2) is 0 Å². The molecule has 6 aromatic rings. The lowest BCUT2D eigenvalue weighted by Crippen LogP contribution is -2.15. The summed E-state index contributed by atoms with van der Waals surface area (Å²) in [5, 5.41) is 2.51. The van der Waals surface area contributed by atoms with Crippen LogP contribution in [0.25, 0.3) is 44.1 Å². The number of rotatable bonds is 2. The largest absolute Gasteiger partial charge is 0.453 e. The van der Waals surface area contributed by atoms with Gasteiger partial charge in [-0.15, -0.1) is 0 Å². The number of hydrogen-bond donors (Lipinski definition) is 2. The standard InChI is InChI=1S/C31H25N3O/c1-18-16-32-26-8-4-20(12-24(18)26)22-6-10-28-30(14-22)35-31-15-23(7-11-29(31)34(28)3)21-5-9-27-25(13-21)19(2)17-33-27/h4-17,32-33H,1-3H3. The molecule has 4 aromatic carbocycles. The van der Waals surface area contributed by atoms with Gasteiger partial charge in [0.15, 0.2) is 11.5 Å². The number of anilines is 2. The van der Waals surface area contributed by atoms with Crippen molar-refractivity contribution in [1.29, 1.82) is 0 Å². The second kappa shape index (κ2) is 7.28. The summed E-state index contributed by atoms with van der Waals surface area (Å²) in [5.74, 6) is 1.75. The van der Waals surface area contributed by atoms with Gasteiger partial charge in [-0.1, -0.05) is 24.3 Å². The molecule has 0 saturated heterocycles. The molecule has 0 bridgehead atoms. The minimum Gasteiger partial charge on any atom is -0.453 e. The molecule has 0 radical (unpaired) electrons. The molecule has 4 nitrogen and oxygen atoms in total. The van der Waals surface area contributed by atoms with Gasteiger partial charge in [-0.3, -0.25) is 0 Å². The van der Waals surface area contributed by atoms with Gasteiger partial charge in [0.05, 0.1) is 11.4 Å². The minimum absolute atomic E-state index is 0.873. The molecule has 1 aliphatic heterocycles. The van der Waals surface area contributed by atoms with Crippen LogP contribution in [0.1, 0.15) is 11.1 Å². The number of fused-ring (bicyclic) bond motifs is 4. The number of ether oxygens (including phenoxy) is 1. The quantitative estimate of drug-likeness (QED) is 0.275. The summed E-state index contributed by atoms with van der Waals surface area (Å²) in [6.45, 7) is 4.27. The highest BCUT2D eigenvalue weighted by Gasteiger charge is 2.23. The molecule has 7 rings (SSSR count). The van der Waals surface area contributed by atoms with E-state index in [-0.39, 0.29) is 0 Å². The molecule has 4 heteroatoms. The summed E-state index contributed by atoms with van der Waals surface area (Å²) in [6, 6.07) is 26.1. The van der Waals surface area contributed by atoms with Crippen LogP contribution in [0.2, 0.25) is 0 Å². The predicted octanol–water partition coefficient (Wildman–Crippen LogP) is 8.47. The highest BCUT2D eigenvalue weighted by Crippen LogP contribution is 2.48. The van der Waals surface area contributed by atoms with Gasteiger partial charge < -0.3 is 19.6 Å². The van der Waals surface area contributed by atoms with Crippen LogP contribution in [0, 0.1) is 13.8 Å². The fraction of sp³-hybridized carbons (Fsp3) is 0.0968. The van der Waals surface area contributed by atoms with Crippen molar-refractivity contribution in [2.45, 2.75) is 13.8 Å². The number of nitrogens with one attached hydrogen (secondary N) is 2. The third-order valence-corrected chi connectivity index (χ3v) is 7.31. The molecule has 0 aliphatic carbocycles. The lowest BCUT2D eigenvalue weighted by molar-refractivity contribution is 0.476. The maximum Gasteiger partial charge on any atom is 0.151 e. The van der Waals surface area contributed by atoms with Gasteiger partial charge in [-0.2, -0.15) is 0 Å². The van der Waals surface area contributed by atoms with Crippen LogP contribution in [0.4, 0.5) is 11.4 Å². The van der Waals surface area contributed by atoms with Crippen LogP contribution in [-0.4, -0.2) is 17.0 Å². The third kappa shape index (κ3) is 3.07. The van der Waals surface area contributed by atoms with Crippen molar-refractivity contribution >= 4 is 33.2 Å². The van der Waals surface area contributed by atoms with E-state index in [2.05, 4.69) is 121 Å². The Morgan fingerprint density at radius 1 is 0.571 bits per heavy atom. The van der Waals surface area contributed by atoms with E-state index in [4.69, 9.17) is 4.74 Å². The van der Waals surface area contributed by atoms with Crippen molar-refractivity contribution in [2.24, 2.45) is 0 Å². The first-order valence-corrected chi connectivity index (χ1v) is 11.9. The van der Waals surface area contributed by atoms with Gasteiger partial charge >= 0.3 is 0 Å². The van der Waals surface area contributed by atoms with Crippen LogP contribution in [0.15, 0.2) is 85.2 Å². The number of aromatic amines is 2. The number of nitrogens with zero attached hydrogens (tertiary/aromatic N) is 1. The molecular formula is C31H25N3O. The molecule has 0 saturated carbocycles. The SMILES string of the molecule is Cc1c[nH]c2ccc(-c3ccc4c(c3)Oc3cc(-c5ccc6[nH]cc(C)c6c5)ccc3N4C)cc12. The van der Waals surface area contributed by atoms with Gasteiger partial charge in [0.1, 0.15) is 0 Å². The molecule has 0 amide bonds. The van der Waals surface area contributed by atoms with Crippen molar-refractivity contribution in [1.82, 2.24) is 9.97 Å². The second-order valence-electron chi connectivity index (χ2n) is 9.49. The number of H-pyrrole nitrogens is 2. The zero-order valence-corrected chi connectivity index (χ0v) is 19.9. The zero-order chi connectivity index (χ0) is 23.7. The van der Waals surface area contributed by atoms with E-state index in [9.17, 15) is 0 Å². The Morgan fingerprint density at radius 2 is 1.00 bits per heavy atom. The van der Waals surface area contributed by atoms with E-state index in [1.807, 2.05) is 0 Å². The number of aryl methyl sites for hydroxylation is 2. The first-order valence-electron chi connectivity index (χ1n) is 11.9. The molecular weight excluding hydrogens is 430 g/mol. The zero-order valence-electron chi connectivity index (χ0n) is 19.9.